The van der Waals surface area contributed by atoms with Crippen LogP contribution in [0.2, 0.25) is 0 Å². The molecule has 2 saturated heterocycles. The van der Waals surface area contributed by atoms with Gasteiger partial charge >= 0.3 is 0 Å². The molecular weight excluding hydrogens is 362 g/mol. The van der Waals surface area contributed by atoms with Gasteiger partial charge in [-0.15, -0.1) is 0 Å². The highest BCUT2D eigenvalue weighted by Gasteiger charge is 2.60. The molecule has 4 aliphatic rings. The van der Waals surface area contributed by atoms with Crippen LogP contribution in [0.3, 0.4) is 0 Å². The van der Waals surface area contributed by atoms with E-state index >= 15 is 0 Å². The number of likely N-dealkylation sites (N-methyl/N-ethyl adjacent to an activating group) is 1. The van der Waals surface area contributed by atoms with E-state index in [-0.39, 0.29) is 22.9 Å². The number of carbonyl (C=O) groups is 2. The van der Waals surface area contributed by atoms with Crippen molar-refractivity contribution in [1.29, 1.82) is 0 Å². The third kappa shape index (κ3) is 3.37. The van der Waals surface area contributed by atoms with Crippen molar-refractivity contribution in [2.45, 2.75) is 68.4 Å². The van der Waals surface area contributed by atoms with Crippen molar-refractivity contribution >= 4 is 11.8 Å². The number of benzene rings is 1. The first-order valence-electron chi connectivity index (χ1n) is 11.4. The number of nitrogens with one attached hydrogen (secondary N) is 1. The summed E-state index contributed by atoms with van der Waals surface area (Å²) in [5.74, 6) is 0.911. The van der Waals surface area contributed by atoms with Gasteiger partial charge in [0, 0.05) is 36.4 Å². The lowest BCUT2D eigenvalue weighted by Gasteiger charge is -2.30. The first-order valence-corrected chi connectivity index (χ1v) is 11.4. The molecule has 2 heterocycles. The van der Waals surface area contributed by atoms with E-state index in [1.54, 1.807) is 0 Å². The zero-order chi connectivity index (χ0) is 20.1. The summed E-state index contributed by atoms with van der Waals surface area (Å²) in [6.07, 6.45) is 8.17. The fraction of sp³-hybridized carbons (Fsp3) is 0.667. The third-order valence-electron chi connectivity index (χ3n) is 8.14. The first-order chi connectivity index (χ1) is 14.0. The van der Waals surface area contributed by atoms with Crippen LogP contribution in [0, 0.1) is 5.92 Å². The number of carbonyl (C=O) groups excluding carboxylic acids is 2. The maximum Gasteiger partial charge on any atom is 0.237 e. The SMILES string of the molecule is CN1CCC[C@H]1C(=O)NCC1CCN(C(=O)CC2(c3ccccc3)CC2)C12CC2. The Morgan fingerprint density at radius 2 is 1.83 bits per heavy atom. The van der Waals surface area contributed by atoms with E-state index < -0.39 is 0 Å². The van der Waals surface area contributed by atoms with Crippen molar-refractivity contribution < 1.29 is 9.59 Å². The summed E-state index contributed by atoms with van der Waals surface area (Å²) in [4.78, 5) is 30.2. The Kier molecular flexibility index (Phi) is 4.69. The van der Waals surface area contributed by atoms with Crippen molar-refractivity contribution in [3.63, 3.8) is 0 Å². The molecule has 4 fully saturated rings. The van der Waals surface area contributed by atoms with Crippen LogP contribution in [0.5, 0.6) is 0 Å². The number of amides is 2. The topological polar surface area (TPSA) is 52.7 Å². The van der Waals surface area contributed by atoms with Gasteiger partial charge in [-0.3, -0.25) is 14.5 Å². The molecule has 5 heteroatoms. The summed E-state index contributed by atoms with van der Waals surface area (Å²) in [5, 5.41) is 3.22. The average molecular weight is 396 g/mol. The summed E-state index contributed by atoms with van der Waals surface area (Å²) in [6, 6.07) is 10.6. The fourth-order valence-corrected chi connectivity index (χ4v) is 5.95. The zero-order valence-corrected chi connectivity index (χ0v) is 17.5. The summed E-state index contributed by atoms with van der Waals surface area (Å²) < 4.78 is 0. The molecule has 1 unspecified atom stereocenters. The Balaban J connectivity index is 1.20. The first kappa shape index (κ1) is 19.1. The van der Waals surface area contributed by atoms with E-state index in [1.807, 2.05) is 13.1 Å². The van der Waals surface area contributed by atoms with Gasteiger partial charge in [-0.05, 0) is 64.1 Å². The lowest BCUT2D eigenvalue weighted by atomic mass is 9.91. The zero-order valence-electron chi connectivity index (χ0n) is 17.5. The van der Waals surface area contributed by atoms with Crippen molar-refractivity contribution in [1.82, 2.24) is 15.1 Å². The number of nitrogens with zero attached hydrogens (tertiary/aromatic N) is 2. The standard InChI is InChI=1S/C24H33N3O2/c1-26-14-5-8-20(26)22(29)25-17-19-9-15-27(24(19)12-13-24)21(28)16-23(10-11-23)18-6-3-2-4-7-18/h2-4,6-7,19-20H,5,8-17H2,1H3,(H,25,29)/t19?,20-/m0/s1. The van der Waals surface area contributed by atoms with Gasteiger partial charge in [0.05, 0.1) is 6.04 Å². The van der Waals surface area contributed by atoms with Crippen LogP contribution in [0.15, 0.2) is 30.3 Å². The molecule has 2 saturated carbocycles. The lowest BCUT2D eigenvalue weighted by molar-refractivity contribution is -0.133. The van der Waals surface area contributed by atoms with Crippen molar-refractivity contribution in [3.8, 4) is 0 Å². The summed E-state index contributed by atoms with van der Waals surface area (Å²) >= 11 is 0. The van der Waals surface area contributed by atoms with E-state index in [9.17, 15) is 9.59 Å². The molecular formula is C24H33N3O2. The smallest absolute Gasteiger partial charge is 0.237 e. The van der Waals surface area contributed by atoms with Crippen LogP contribution in [0.4, 0.5) is 0 Å². The minimum Gasteiger partial charge on any atom is -0.354 e. The molecule has 156 valence electrons. The number of likely N-dealkylation sites (tertiary alicyclic amines) is 2. The molecule has 5 nitrogen and oxygen atoms in total. The van der Waals surface area contributed by atoms with E-state index in [4.69, 9.17) is 0 Å². The minimum atomic E-state index is 0.0265. The maximum atomic E-state index is 13.3. The Hall–Kier alpha value is -1.88. The Labute approximate surface area is 173 Å². The number of rotatable bonds is 6. The van der Waals surface area contributed by atoms with Gasteiger partial charge in [0.2, 0.25) is 11.8 Å². The van der Waals surface area contributed by atoms with Crippen LogP contribution >= 0.6 is 0 Å². The second-order valence-electron chi connectivity index (χ2n) is 9.84. The second kappa shape index (κ2) is 7.12. The second-order valence-corrected chi connectivity index (χ2v) is 9.84. The molecule has 1 N–H and O–H groups in total. The molecule has 1 aromatic carbocycles. The molecule has 2 aliphatic carbocycles. The predicted molar refractivity (Wildman–Crippen MR) is 112 cm³/mol. The number of hydrogen-bond donors (Lipinski definition) is 1. The molecule has 2 atom stereocenters. The Bertz CT molecular complexity index is 785. The van der Waals surface area contributed by atoms with Gasteiger partial charge in [0.15, 0.2) is 0 Å². The van der Waals surface area contributed by atoms with Gasteiger partial charge in [0.25, 0.3) is 0 Å². The highest BCUT2D eigenvalue weighted by molar-refractivity contribution is 5.82. The summed E-state index contributed by atoms with van der Waals surface area (Å²) in [6.45, 7) is 2.58. The molecule has 0 aromatic heterocycles. The van der Waals surface area contributed by atoms with Gasteiger partial charge in [-0.1, -0.05) is 30.3 Å². The van der Waals surface area contributed by atoms with Gasteiger partial charge in [0.1, 0.15) is 0 Å². The number of hydrogen-bond acceptors (Lipinski definition) is 3. The van der Waals surface area contributed by atoms with Crippen molar-refractivity contribution in [2.75, 3.05) is 26.7 Å². The van der Waals surface area contributed by atoms with Gasteiger partial charge in [-0.25, -0.2) is 0 Å². The van der Waals surface area contributed by atoms with Crippen molar-refractivity contribution in [3.05, 3.63) is 35.9 Å². The molecule has 1 spiro atoms. The Morgan fingerprint density at radius 3 is 2.45 bits per heavy atom. The molecule has 0 radical (unpaired) electrons. The molecule has 0 bridgehead atoms. The molecule has 2 amide bonds. The van der Waals surface area contributed by atoms with Crippen molar-refractivity contribution in [2.24, 2.45) is 5.92 Å². The van der Waals surface area contributed by atoms with Crippen LogP contribution in [-0.2, 0) is 15.0 Å². The summed E-state index contributed by atoms with van der Waals surface area (Å²) in [7, 11) is 2.04. The van der Waals surface area contributed by atoms with Gasteiger partial charge < -0.3 is 10.2 Å². The quantitative estimate of drug-likeness (QED) is 0.806. The molecule has 29 heavy (non-hydrogen) atoms. The predicted octanol–water partition coefficient (Wildman–Crippen LogP) is 2.70. The van der Waals surface area contributed by atoms with Crippen LogP contribution in [-0.4, -0.2) is 59.9 Å². The largest absolute Gasteiger partial charge is 0.354 e. The average Bonchev–Trinajstić information content (AvgIpc) is 3.60. The highest BCUT2D eigenvalue weighted by atomic mass is 16.2. The maximum absolute atomic E-state index is 13.3. The fourth-order valence-electron chi connectivity index (χ4n) is 5.95. The molecule has 2 aliphatic heterocycles. The van der Waals surface area contributed by atoms with Gasteiger partial charge in [-0.2, -0.15) is 0 Å². The highest BCUT2D eigenvalue weighted by Crippen LogP contribution is 2.56. The van der Waals surface area contributed by atoms with E-state index in [2.05, 4.69) is 39.4 Å². The monoisotopic (exact) mass is 395 g/mol. The lowest BCUT2D eigenvalue weighted by Crippen LogP contribution is -2.46. The normalized spacial score (nSPS) is 29.2. The minimum absolute atomic E-state index is 0.0265. The van der Waals surface area contributed by atoms with Crippen LogP contribution < -0.4 is 5.32 Å². The van der Waals surface area contributed by atoms with E-state index in [0.29, 0.717) is 18.2 Å². The van der Waals surface area contributed by atoms with Crippen LogP contribution in [0.1, 0.15) is 56.9 Å². The Morgan fingerprint density at radius 1 is 1.07 bits per heavy atom. The molecule has 1 aromatic rings. The van der Waals surface area contributed by atoms with E-state index in [0.717, 1.165) is 64.6 Å². The van der Waals surface area contributed by atoms with E-state index in [1.165, 1.54) is 5.56 Å². The third-order valence-corrected chi connectivity index (χ3v) is 8.14. The molecule has 5 rings (SSSR count). The summed E-state index contributed by atoms with van der Waals surface area (Å²) in [5.41, 5.74) is 1.42. The van der Waals surface area contributed by atoms with Crippen LogP contribution in [0.25, 0.3) is 0 Å².